The second-order valence-electron chi connectivity index (χ2n) is 6.12. The van der Waals surface area contributed by atoms with E-state index in [2.05, 4.69) is 27.7 Å². The molecule has 1 aliphatic rings. The van der Waals surface area contributed by atoms with E-state index in [1.807, 2.05) is 48.5 Å². The van der Waals surface area contributed by atoms with Crippen LogP contribution in [-0.4, -0.2) is 43.8 Å². The van der Waals surface area contributed by atoms with Gasteiger partial charge in [-0.3, -0.25) is 4.90 Å². The van der Waals surface area contributed by atoms with Gasteiger partial charge in [0.1, 0.15) is 0 Å². The summed E-state index contributed by atoms with van der Waals surface area (Å²) in [5.41, 5.74) is 2.30. The van der Waals surface area contributed by atoms with E-state index in [1.165, 1.54) is 5.56 Å². The zero-order valence-corrected chi connectivity index (χ0v) is 14.4. The van der Waals surface area contributed by atoms with Crippen LogP contribution in [0.2, 0.25) is 0 Å². The molecule has 2 aromatic carbocycles. The molecule has 132 valence electrons. The van der Waals surface area contributed by atoms with Crippen LogP contribution in [0.15, 0.2) is 60.7 Å². The lowest BCUT2D eigenvalue weighted by molar-refractivity contribution is 0.0167. The van der Waals surface area contributed by atoms with Crippen molar-refractivity contribution >= 4 is 6.03 Å². The van der Waals surface area contributed by atoms with Crippen LogP contribution in [0.4, 0.5) is 4.79 Å². The standard InChI is InChI=1S/C20H25N3O2/c24-20(21-15-17-7-3-1-4-8-17)22-16-19(18-9-5-2-6-10-18)23-11-13-25-14-12-23/h1-10,19H,11-16H2,(H2,21,22,24)/t19-/m0/s1. The Morgan fingerprint density at radius 3 is 2.28 bits per heavy atom. The number of nitrogens with zero attached hydrogens (tertiary/aromatic N) is 1. The zero-order chi connectivity index (χ0) is 17.3. The molecule has 0 bridgehead atoms. The third-order valence-electron chi connectivity index (χ3n) is 4.42. The molecule has 0 aliphatic carbocycles. The summed E-state index contributed by atoms with van der Waals surface area (Å²) in [6, 6.07) is 20.3. The average Bonchev–Trinajstić information content (AvgIpc) is 2.69. The molecule has 5 nitrogen and oxygen atoms in total. The third kappa shape index (κ3) is 5.31. The Hall–Kier alpha value is -2.37. The van der Waals surface area contributed by atoms with Crippen molar-refractivity contribution in [3.8, 4) is 0 Å². The summed E-state index contributed by atoms with van der Waals surface area (Å²) >= 11 is 0. The minimum atomic E-state index is -0.141. The van der Waals surface area contributed by atoms with Crippen molar-refractivity contribution < 1.29 is 9.53 Å². The van der Waals surface area contributed by atoms with Gasteiger partial charge in [0.2, 0.25) is 0 Å². The number of rotatable bonds is 6. The van der Waals surface area contributed by atoms with Crippen molar-refractivity contribution in [2.24, 2.45) is 0 Å². The van der Waals surface area contributed by atoms with E-state index >= 15 is 0 Å². The molecule has 25 heavy (non-hydrogen) atoms. The van der Waals surface area contributed by atoms with Crippen LogP contribution >= 0.6 is 0 Å². The minimum Gasteiger partial charge on any atom is -0.379 e. The number of urea groups is 1. The first-order valence-electron chi connectivity index (χ1n) is 8.75. The molecule has 0 aromatic heterocycles. The van der Waals surface area contributed by atoms with Crippen molar-refractivity contribution in [1.29, 1.82) is 0 Å². The molecular weight excluding hydrogens is 314 g/mol. The summed E-state index contributed by atoms with van der Waals surface area (Å²) < 4.78 is 5.46. The lowest BCUT2D eigenvalue weighted by Crippen LogP contribution is -2.45. The molecule has 2 amide bonds. The fraction of sp³-hybridized carbons (Fsp3) is 0.350. The highest BCUT2D eigenvalue weighted by Gasteiger charge is 2.22. The van der Waals surface area contributed by atoms with Gasteiger partial charge in [-0.05, 0) is 11.1 Å². The largest absolute Gasteiger partial charge is 0.379 e. The van der Waals surface area contributed by atoms with Gasteiger partial charge in [0.25, 0.3) is 0 Å². The van der Waals surface area contributed by atoms with Crippen LogP contribution in [-0.2, 0) is 11.3 Å². The molecule has 1 fully saturated rings. The van der Waals surface area contributed by atoms with Crippen LogP contribution < -0.4 is 10.6 Å². The fourth-order valence-electron chi connectivity index (χ4n) is 3.05. The molecule has 0 spiro atoms. The van der Waals surface area contributed by atoms with E-state index < -0.39 is 0 Å². The lowest BCUT2D eigenvalue weighted by atomic mass is 10.0. The molecule has 5 heteroatoms. The summed E-state index contributed by atoms with van der Waals surface area (Å²) in [7, 11) is 0. The number of carbonyl (C=O) groups is 1. The van der Waals surface area contributed by atoms with Gasteiger partial charge in [0.05, 0.1) is 19.3 Å². The highest BCUT2D eigenvalue weighted by Crippen LogP contribution is 2.20. The van der Waals surface area contributed by atoms with Crippen molar-refractivity contribution in [2.45, 2.75) is 12.6 Å². The van der Waals surface area contributed by atoms with E-state index in [0.717, 1.165) is 31.9 Å². The molecule has 0 saturated carbocycles. The summed E-state index contributed by atoms with van der Waals surface area (Å²) in [5.74, 6) is 0. The summed E-state index contributed by atoms with van der Waals surface area (Å²) in [4.78, 5) is 14.5. The van der Waals surface area contributed by atoms with Gasteiger partial charge in [-0.1, -0.05) is 60.7 Å². The Morgan fingerprint density at radius 2 is 1.60 bits per heavy atom. The topological polar surface area (TPSA) is 53.6 Å². The van der Waals surface area contributed by atoms with Crippen LogP contribution in [0.25, 0.3) is 0 Å². The number of ether oxygens (including phenoxy) is 1. The maximum Gasteiger partial charge on any atom is 0.315 e. The van der Waals surface area contributed by atoms with Gasteiger partial charge >= 0.3 is 6.03 Å². The highest BCUT2D eigenvalue weighted by atomic mass is 16.5. The molecule has 2 aromatic rings. The fourth-order valence-corrected chi connectivity index (χ4v) is 3.05. The van der Waals surface area contributed by atoms with Crippen molar-refractivity contribution in [3.05, 3.63) is 71.8 Å². The maximum absolute atomic E-state index is 12.2. The van der Waals surface area contributed by atoms with E-state index in [-0.39, 0.29) is 12.1 Å². The molecular formula is C20H25N3O2. The number of amides is 2. The smallest absolute Gasteiger partial charge is 0.315 e. The zero-order valence-electron chi connectivity index (χ0n) is 14.4. The second-order valence-corrected chi connectivity index (χ2v) is 6.12. The average molecular weight is 339 g/mol. The van der Waals surface area contributed by atoms with Crippen molar-refractivity contribution in [1.82, 2.24) is 15.5 Å². The second kappa shape index (κ2) is 9.20. The van der Waals surface area contributed by atoms with Crippen LogP contribution in [0.1, 0.15) is 17.2 Å². The third-order valence-corrected chi connectivity index (χ3v) is 4.42. The summed E-state index contributed by atoms with van der Waals surface area (Å²) in [5, 5.41) is 5.93. The van der Waals surface area contributed by atoms with Gasteiger partial charge in [0.15, 0.2) is 0 Å². The molecule has 1 heterocycles. The summed E-state index contributed by atoms with van der Waals surface area (Å²) in [6.07, 6.45) is 0. The first kappa shape index (κ1) is 17.5. The molecule has 1 saturated heterocycles. The Kier molecular flexibility index (Phi) is 6.42. The van der Waals surface area contributed by atoms with Crippen molar-refractivity contribution in [3.63, 3.8) is 0 Å². The predicted molar refractivity (Wildman–Crippen MR) is 98.3 cm³/mol. The van der Waals surface area contributed by atoms with Gasteiger partial charge in [-0.2, -0.15) is 0 Å². The molecule has 1 aliphatic heterocycles. The Morgan fingerprint density at radius 1 is 0.960 bits per heavy atom. The van der Waals surface area contributed by atoms with E-state index in [9.17, 15) is 4.79 Å². The SMILES string of the molecule is O=C(NCc1ccccc1)NC[C@@H](c1ccccc1)N1CCOCC1. The minimum absolute atomic E-state index is 0.141. The van der Waals surface area contributed by atoms with Crippen LogP contribution in [0.5, 0.6) is 0 Å². The number of morpholine rings is 1. The van der Waals surface area contributed by atoms with E-state index in [1.54, 1.807) is 0 Å². The number of nitrogens with one attached hydrogen (secondary N) is 2. The predicted octanol–water partition coefficient (Wildman–Crippen LogP) is 2.56. The van der Waals surface area contributed by atoms with E-state index in [0.29, 0.717) is 13.1 Å². The van der Waals surface area contributed by atoms with Crippen LogP contribution in [0.3, 0.4) is 0 Å². The molecule has 3 rings (SSSR count). The van der Waals surface area contributed by atoms with E-state index in [4.69, 9.17) is 4.74 Å². The van der Waals surface area contributed by atoms with Gasteiger partial charge in [-0.25, -0.2) is 4.79 Å². The first-order valence-corrected chi connectivity index (χ1v) is 8.75. The number of carbonyl (C=O) groups excluding carboxylic acids is 1. The van der Waals surface area contributed by atoms with Gasteiger partial charge < -0.3 is 15.4 Å². The van der Waals surface area contributed by atoms with Gasteiger partial charge in [0, 0.05) is 26.2 Å². The molecule has 1 atom stereocenters. The Labute approximate surface area is 149 Å². The molecule has 0 radical (unpaired) electrons. The number of hydrogen-bond acceptors (Lipinski definition) is 3. The first-order chi connectivity index (χ1) is 12.3. The van der Waals surface area contributed by atoms with Gasteiger partial charge in [-0.15, -0.1) is 0 Å². The Balaban J connectivity index is 1.55. The molecule has 2 N–H and O–H groups in total. The number of benzene rings is 2. The monoisotopic (exact) mass is 339 g/mol. The Bertz CT molecular complexity index is 643. The molecule has 0 unspecified atom stereocenters. The quantitative estimate of drug-likeness (QED) is 0.850. The summed E-state index contributed by atoms with van der Waals surface area (Å²) in [6.45, 7) is 4.34. The maximum atomic E-state index is 12.2. The number of hydrogen-bond donors (Lipinski definition) is 2. The lowest BCUT2D eigenvalue weighted by Gasteiger charge is -2.34. The van der Waals surface area contributed by atoms with Crippen LogP contribution in [0, 0.1) is 0 Å². The normalized spacial score (nSPS) is 16.2. The van der Waals surface area contributed by atoms with Crippen molar-refractivity contribution in [2.75, 3.05) is 32.8 Å². The highest BCUT2D eigenvalue weighted by molar-refractivity contribution is 5.73.